The van der Waals surface area contributed by atoms with Crippen LogP contribution in [0.5, 0.6) is 0 Å². The van der Waals surface area contributed by atoms with Gasteiger partial charge in [0.2, 0.25) is 5.91 Å². The number of hydrogen-bond acceptors (Lipinski definition) is 5. The van der Waals surface area contributed by atoms with Crippen LogP contribution in [-0.2, 0) is 19.1 Å². The number of hydrogen-bond donors (Lipinski definition) is 2. The van der Waals surface area contributed by atoms with Crippen molar-refractivity contribution in [1.82, 2.24) is 10.4 Å². The number of para-hydroxylation sites is 1. The van der Waals surface area contributed by atoms with Gasteiger partial charge in [-0.05, 0) is 44.0 Å². The Morgan fingerprint density at radius 2 is 1.74 bits per heavy atom. The Balaban J connectivity index is 1.51. The van der Waals surface area contributed by atoms with Crippen LogP contribution in [0.3, 0.4) is 0 Å². The van der Waals surface area contributed by atoms with Gasteiger partial charge in [0.25, 0.3) is 11.8 Å². The van der Waals surface area contributed by atoms with Gasteiger partial charge in [-0.15, -0.1) is 0 Å². The fraction of sp³-hybridized carbons (Fsp3) is 0.304. The summed E-state index contributed by atoms with van der Waals surface area (Å²) in [7, 11) is 0. The molecule has 1 saturated heterocycles. The second-order valence-electron chi connectivity index (χ2n) is 7.64. The number of nitrogens with zero attached hydrogens (tertiary/aromatic N) is 1. The van der Waals surface area contributed by atoms with Gasteiger partial charge in [0.1, 0.15) is 0 Å². The highest BCUT2D eigenvalue weighted by Gasteiger charge is 2.36. The fourth-order valence-corrected chi connectivity index (χ4v) is 3.39. The highest BCUT2D eigenvalue weighted by atomic mass is 16.5. The standard InChI is InChI=1S/C23H25N3O5/c1-14-6-4-9-17(10-14)22(29)25-26-12-18(11-20(26)28)23(30)31-13-19(27)24-21-15(2)7-5-8-16(21)3/h4-10,18H,11-13H2,1-3H3,(H,24,27)(H,25,29)/t18-/m0/s1. The normalized spacial score (nSPS) is 15.5. The summed E-state index contributed by atoms with van der Waals surface area (Å²) in [5.74, 6) is -2.68. The first-order valence-electron chi connectivity index (χ1n) is 9.95. The van der Waals surface area contributed by atoms with Gasteiger partial charge in [0.15, 0.2) is 6.61 Å². The number of carbonyl (C=O) groups excluding carboxylic acids is 4. The summed E-state index contributed by atoms with van der Waals surface area (Å²) in [5.41, 5.74) is 6.35. The van der Waals surface area contributed by atoms with E-state index in [1.54, 1.807) is 18.2 Å². The maximum atomic E-state index is 12.3. The van der Waals surface area contributed by atoms with Crippen LogP contribution in [0.4, 0.5) is 5.69 Å². The lowest BCUT2D eigenvalue weighted by atomic mass is 10.1. The van der Waals surface area contributed by atoms with Crippen molar-refractivity contribution >= 4 is 29.4 Å². The van der Waals surface area contributed by atoms with Crippen molar-refractivity contribution in [2.24, 2.45) is 5.92 Å². The molecule has 0 aromatic heterocycles. The van der Waals surface area contributed by atoms with Gasteiger partial charge in [-0.3, -0.25) is 29.6 Å². The summed E-state index contributed by atoms with van der Waals surface area (Å²) >= 11 is 0. The Hall–Kier alpha value is -3.68. The van der Waals surface area contributed by atoms with Crippen LogP contribution >= 0.6 is 0 Å². The van der Waals surface area contributed by atoms with E-state index in [0.717, 1.165) is 21.7 Å². The van der Waals surface area contributed by atoms with Gasteiger partial charge in [-0.1, -0.05) is 35.9 Å². The third-order valence-electron chi connectivity index (χ3n) is 5.07. The Labute approximate surface area is 180 Å². The van der Waals surface area contributed by atoms with E-state index in [1.165, 1.54) is 0 Å². The molecule has 1 atom stereocenters. The molecule has 1 fully saturated rings. The molecule has 0 unspecified atom stereocenters. The topological polar surface area (TPSA) is 105 Å². The zero-order valence-corrected chi connectivity index (χ0v) is 17.7. The highest BCUT2D eigenvalue weighted by Crippen LogP contribution is 2.20. The van der Waals surface area contributed by atoms with Crippen molar-refractivity contribution < 1.29 is 23.9 Å². The van der Waals surface area contributed by atoms with Crippen LogP contribution < -0.4 is 10.7 Å². The van der Waals surface area contributed by atoms with E-state index in [0.29, 0.717) is 11.3 Å². The zero-order chi connectivity index (χ0) is 22.5. The average molecular weight is 423 g/mol. The zero-order valence-electron chi connectivity index (χ0n) is 17.7. The SMILES string of the molecule is Cc1cccc(C(=O)NN2C[C@@H](C(=O)OCC(=O)Nc3c(C)cccc3C)CC2=O)c1. The molecule has 0 saturated carbocycles. The number of ether oxygens (including phenoxy) is 1. The molecule has 3 amide bonds. The molecule has 2 N–H and O–H groups in total. The summed E-state index contributed by atoms with van der Waals surface area (Å²) in [5, 5.41) is 3.86. The summed E-state index contributed by atoms with van der Waals surface area (Å²) in [6.07, 6.45) is -0.0918. The van der Waals surface area contributed by atoms with E-state index in [9.17, 15) is 19.2 Å². The molecular formula is C23H25N3O5. The Bertz CT molecular complexity index is 1010. The minimum absolute atomic E-state index is 0.00621. The third-order valence-corrected chi connectivity index (χ3v) is 5.07. The quantitative estimate of drug-likeness (QED) is 0.694. The van der Waals surface area contributed by atoms with Crippen molar-refractivity contribution in [2.45, 2.75) is 27.2 Å². The number of amides is 3. The molecule has 1 heterocycles. The molecule has 0 bridgehead atoms. The van der Waals surface area contributed by atoms with Crippen LogP contribution in [0.15, 0.2) is 42.5 Å². The third kappa shape index (κ3) is 5.48. The van der Waals surface area contributed by atoms with E-state index in [1.807, 2.05) is 45.0 Å². The van der Waals surface area contributed by atoms with Gasteiger partial charge < -0.3 is 10.1 Å². The molecule has 1 aliphatic heterocycles. The molecule has 2 aromatic carbocycles. The van der Waals surface area contributed by atoms with Gasteiger partial charge in [-0.2, -0.15) is 0 Å². The second-order valence-corrected chi connectivity index (χ2v) is 7.64. The lowest BCUT2D eigenvalue weighted by molar-refractivity contribution is -0.151. The minimum Gasteiger partial charge on any atom is -0.455 e. The lowest BCUT2D eigenvalue weighted by Gasteiger charge is -2.17. The predicted octanol–water partition coefficient (Wildman–Crippen LogP) is 2.29. The molecule has 8 nitrogen and oxygen atoms in total. The van der Waals surface area contributed by atoms with Crippen molar-refractivity contribution in [1.29, 1.82) is 0 Å². The van der Waals surface area contributed by atoms with Crippen molar-refractivity contribution in [2.75, 3.05) is 18.5 Å². The summed E-state index contributed by atoms with van der Waals surface area (Å²) < 4.78 is 5.10. The van der Waals surface area contributed by atoms with Crippen LogP contribution in [0.2, 0.25) is 0 Å². The molecule has 8 heteroatoms. The van der Waals surface area contributed by atoms with E-state index < -0.39 is 30.3 Å². The molecule has 0 radical (unpaired) electrons. The van der Waals surface area contributed by atoms with E-state index in [2.05, 4.69) is 10.7 Å². The molecule has 0 spiro atoms. The number of aryl methyl sites for hydroxylation is 3. The Kier molecular flexibility index (Phi) is 6.69. The maximum absolute atomic E-state index is 12.3. The first kappa shape index (κ1) is 22.0. The molecule has 31 heavy (non-hydrogen) atoms. The molecule has 0 aliphatic carbocycles. The Morgan fingerprint density at radius 3 is 2.42 bits per heavy atom. The smallest absolute Gasteiger partial charge is 0.311 e. The first-order valence-corrected chi connectivity index (χ1v) is 9.95. The molecule has 3 rings (SSSR count). The fourth-order valence-electron chi connectivity index (χ4n) is 3.39. The van der Waals surface area contributed by atoms with Gasteiger partial charge in [-0.25, -0.2) is 0 Å². The number of hydrazine groups is 1. The number of carbonyl (C=O) groups is 4. The van der Waals surface area contributed by atoms with Crippen LogP contribution in [-0.4, -0.2) is 41.9 Å². The minimum atomic E-state index is -0.752. The second kappa shape index (κ2) is 9.42. The van der Waals surface area contributed by atoms with Crippen LogP contribution in [0.1, 0.15) is 33.5 Å². The predicted molar refractivity (Wildman–Crippen MR) is 114 cm³/mol. The number of esters is 1. The van der Waals surface area contributed by atoms with E-state index in [4.69, 9.17) is 4.74 Å². The van der Waals surface area contributed by atoms with E-state index >= 15 is 0 Å². The van der Waals surface area contributed by atoms with Gasteiger partial charge in [0.05, 0.1) is 12.5 Å². The summed E-state index contributed by atoms with van der Waals surface area (Å²) in [6, 6.07) is 12.6. The Morgan fingerprint density at radius 1 is 1.06 bits per heavy atom. The van der Waals surface area contributed by atoms with Gasteiger partial charge in [0, 0.05) is 17.7 Å². The maximum Gasteiger partial charge on any atom is 0.311 e. The van der Waals surface area contributed by atoms with Crippen LogP contribution in [0.25, 0.3) is 0 Å². The molecule has 1 aliphatic rings. The highest BCUT2D eigenvalue weighted by molar-refractivity contribution is 5.97. The molecule has 162 valence electrons. The number of anilines is 1. The summed E-state index contributed by atoms with van der Waals surface area (Å²) in [6.45, 7) is 5.15. The largest absolute Gasteiger partial charge is 0.455 e. The van der Waals surface area contributed by atoms with E-state index in [-0.39, 0.29) is 18.9 Å². The first-order chi connectivity index (χ1) is 14.7. The number of rotatable bonds is 6. The van der Waals surface area contributed by atoms with Crippen LogP contribution in [0, 0.1) is 26.7 Å². The number of benzene rings is 2. The van der Waals surface area contributed by atoms with Crippen molar-refractivity contribution in [3.05, 3.63) is 64.7 Å². The monoisotopic (exact) mass is 423 g/mol. The van der Waals surface area contributed by atoms with Crippen molar-refractivity contribution in [3.8, 4) is 0 Å². The van der Waals surface area contributed by atoms with Crippen molar-refractivity contribution in [3.63, 3.8) is 0 Å². The van der Waals surface area contributed by atoms with Gasteiger partial charge >= 0.3 is 5.97 Å². The molecule has 2 aromatic rings. The average Bonchev–Trinajstić information content (AvgIpc) is 3.09. The number of nitrogens with one attached hydrogen (secondary N) is 2. The lowest BCUT2D eigenvalue weighted by Crippen LogP contribution is -2.43. The summed E-state index contributed by atoms with van der Waals surface area (Å²) in [4.78, 5) is 49.1. The molecular weight excluding hydrogens is 398 g/mol.